The zero-order chi connectivity index (χ0) is 18.0. The molecule has 1 amide bonds. The highest BCUT2D eigenvalue weighted by Gasteiger charge is 2.22. The van der Waals surface area contributed by atoms with E-state index in [1.165, 1.54) is 22.9 Å². The van der Waals surface area contributed by atoms with E-state index < -0.39 is 16.3 Å². The largest absolute Gasteiger partial charge is 0.350 e. The minimum absolute atomic E-state index is 0.159. The molecule has 0 spiro atoms. The zero-order valence-corrected chi connectivity index (χ0v) is 13.6. The maximum absolute atomic E-state index is 12.3. The first-order valence-electron chi connectivity index (χ1n) is 7.81. The second-order valence-electron chi connectivity index (χ2n) is 5.89. The number of hydrogen-bond donors (Lipinski definition) is 2. The highest BCUT2D eigenvalue weighted by molar-refractivity contribution is 5.92. The molecule has 1 saturated heterocycles. The summed E-state index contributed by atoms with van der Waals surface area (Å²) in [5.41, 5.74) is -0.359. The lowest BCUT2D eigenvalue weighted by molar-refractivity contribution is -0.384. The van der Waals surface area contributed by atoms with Gasteiger partial charge in [0.2, 0.25) is 5.43 Å². The van der Waals surface area contributed by atoms with Crippen LogP contribution < -0.4 is 16.1 Å². The first-order chi connectivity index (χ1) is 12.0. The quantitative estimate of drug-likeness (QED) is 0.599. The third-order valence-corrected chi connectivity index (χ3v) is 4.05. The Hall–Kier alpha value is -3.07. The molecule has 1 aromatic carbocycles. The number of rotatable bonds is 5. The summed E-state index contributed by atoms with van der Waals surface area (Å²) in [6.07, 6.45) is 0. The molecular formula is C16H17N5O4. The van der Waals surface area contributed by atoms with E-state index in [0.717, 1.165) is 13.1 Å². The average molecular weight is 343 g/mol. The summed E-state index contributed by atoms with van der Waals surface area (Å²) in [7, 11) is 0. The van der Waals surface area contributed by atoms with Crippen molar-refractivity contribution >= 4 is 11.6 Å². The Labute approximate surface area is 142 Å². The summed E-state index contributed by atoms with van der Waals surface area (Å²) in [6, 6.07) is 7.29. The second kappa shape index (κ2) is 6.81. The smallest absolute Gasteiger partial charge is 0.294 e. The Morgan fingerprint density at radius 3 is 2.80 bits per heavy atom. The predicted octanol–water partition coefficient (Wildman–Crippen LogP) is 0.398. The van der Waals surface area contributed by atoms with Crippen molar-refractivity contribution in [3.63, 3.8) is 0 Å². The molecular weight excluding hydrogens is 326 g/mol. The van der Waals surface area contributed by atoms with Crippen molar-refractivity contribution < 1.29 is 9.72 Å². The van der Waals surface area contributed by atoms with Gasteiger partial charge in [-0.2, -0.15) is 5.10 Å². The summed E-state index contributed by atoms with van der Waals surface area (Å²) in [6.45, 7) is 3.70. The lowest BCUT2D eigenvalue weighted by Crippen LogP contribution is -2.48. The lowest BCUT2D eigenvalue weighted by Gasteiger charge is -2.26. The fraction of sp³-hybridized carbons (Fsp3) is 0.312. The number of aromatic nitrogens is 2. The molecule has 0 saturated carbocycles. The number of aryl methyl sites for hydroxylation is 1. The number of nitrogens with one attached hydrogen (secondary N) is 2. The fourth-order valence-corrected chi connectivity index (χ4v) is 2.56. The van der Waals surface area contributed by atoms with E-state index in [1.54, 1.807) is 19.1 Å². The number of carbonyl (C=O) groups is 1. The Morgan fingerprint density at radius 2 is 2.16 bits per heavy atom. The zero-order valence-electron chi connectivity index (χ0n) is 13.6. The molecule has 0 unspecified atom stereocenters. The van der Waals surface area contributed by atoms with Crippen molar-refractivity contribution in [3.05, 3.63) is 62.1 Å². The number of benzene rings is 1. The number of hydrogen-bond acceptors (Lipinski definition) is 6. The van der Waals surface area contributed by atoms with Crippen molar-refractivity contribution in [3.8, 4) is 5.69 Å². The van der Waals surface area contributed by atoms with Gasteiger partial charge in [-0.15, -0.1) is 0 Å². The molecule has 0 aliphatic carbocycles. The van der Waals surface area contributed by atoms with E-state index in [-0.39, 0.29) is 17.1 Å². The Morgan fingerprint density at radius 1 is 1.44 bits per heavy atom. The van der Waals surface area contributed by atoms with Gasteiger partial charge in [0.25, 0.3) is 11.6 Å². The third kappa shape index (κ3) is 3.41. The maximum atomic E-state index is 12.3. The van der Waals surface area contributed by atoms with Crippen LogP contribution in [0.2, 0.25) is 0 Å². The van der Waals surface area contributed by atoms with E-state index in [0.29, 0.717) is 18.2 Å². The molecule has 2 heterocycles. The van der Waals surface area contributed by atoms with Crippen LogP contribution in [0.3, 0.4) is 0 Å². The highest BCUT2D eigenvalue weighted by Crippen LogP contribution is 2.22. The van der Waals surface area contributed by atoms with Gasteiger partial charge in [0.05, 0.1) is 4.92 Å². The van der Waals surface area contributed by atoms with E-state index in [2.05, 4.69) is 15.7 Å². The Balaban J connectivity index is 1.97. The molecule has 2 aromatic rings. The first kappa shape index (κ1) is 16.8. The fourth-order valence-electron chi connectivity index (χ4n) is 2.56. The normalized spacial score (nSPS) is 14.0. The van der Waals surface area contributed by atoms with Gasteiger partial charge in [0.1, 0.15) is 5.69 Å². The number of nitro groups is 1. The summed E-state index contributed by atoms with van der Waals surface area (Å²) < 4.78 is 1.25. The molecule has 0 bridgehead atoms. The number of para-hydroxylation sites is 2. The topological polar surface area (TPSA) is 119 Å². The van der Waals surface area contributed by atoms with Crippen LogP contribution in [-0.2, 0) is 0 Å². The Bertz CT molecular complexity index is 888. The van der Waals surface area contributed by atoms with Crippen LogP contribution in [0.1, 0.15) is 16.2 Å². The van der Waals surface area contributed by atoms with Crippen LogP contribution >= 0.6 is 0 Å². The van der Waals surface area contributed by atoms with Crippen LogP contribution in [-0.4, -0.2) is 40.2 Å². The summed E-state index contributed by atoms with van der Waals surface area (Å²) in [5.74, 6) is -0.240. The van der Waals surface area contributed by atoms with E-state index in [9.17, 15) is 19.7 Å². The van der Waals surface area contributed by atoms with Crippen molar-refractivity contribution in [1.82, 2.24) is 20.4 Å². The molecule has 1 aromatic heterocycles. The summed E-state index contributed by atoms with van der Waals surface area (Å²) in [4.78, 5) is 35.1. The van der Waals surface area contributed by atoms with Crippen molar-refractivity contribution in [1.29, 1.82) is 0 Å². The molecule has 0 radical (unpaired) electrons. The standard InChI is InChI=1S/C16H17N5O4/c1-10-6-14(22)15(16(23)18-9-11-7-17-8-11)19-20(10)12-4-2-3-5-13(12)21(24)25/h2-6,11,17H,7-9H2,1H3,(H,18,23). The van der Waals surface area contributed by atoms with Crippen LogP contribution in [0.4, 0.5) is 5.69 Å². The summed E-state index contributed by atoms with van der Waals surface area (Å²) in [5, 5.41) is 21.1. The molecule has 2 N–H and O–H groups in total. The molecule has 25 heavy (non-hydrogen) atoms. The van der Waals surface area contributed by atoms with Crippen molar-refractivity contribution in [2.24, 2.45) is 5.92 Å². The van der Waals surface area contributed by atoms with Crippen LogP contribution in [0.15, 0.2) is 35.1 Å². The van der Waals surface area contributed by atoms with Gasteiger partial charge < -0.3 is 10.6 Å². The molecule has 1 aliphatic heterocycles. The highest BCUT2D eigenvalue weighted by atomic mass is 16.6. The minimum Gasteiger partial charge on any atom is -0.350 e. The number of carbonyl (C=O) groups excluding carboxylic acids is 1. The Kier molecular flexibility index (Phi) is 4.57. The second-order valence-corrected chi connectivity index (χ2v) is 5.89. The van der Waals surface area contributed by atoms with Crippen LogP contribution in [0.25, 0.3) is 5.69 Å². The van der Waals surface area contributed by atoms with Gasteiger partial charge in [-0.3, -0.25) is 19.7 Å². The van der Waals surface area contributed by atoms with E-state index >= 15 is 0 Å². The van der Waals surface area contributed by atoms with Crippen LogP contribution in [0.5, 0.6) is 0 Å². The van der Waals surface area contributed by atoms with Gasteiger partial charge in [-0.25, -0.2) is 4.68 Å². The van der Waals surface area contributed by atoms with Crippen LogP contribution in [0, 0.1) is 23.0 Å². The molecule has 9 heteroatoms. The minimum atomic E-state index is -0.579. The number of nitro benzene ring substituents is 1. The maximum Gasteiger partial charge on any atom is 0.294 e. The van der Waals surface area contributed by atoms with Gasteiger partial charge in [0, 0.05) is 43.4 Å². The molecule has 0 atom stereocenters. The third-order valence-electron chi connectivity index (χ3n) is 4.05. The van der Waals surface area contributed by atoms with Gasteiger partial charge >= 0.3 is 0 Å². The monoisotopic (exact) mass is 343 g/mol. The SMILES string of the molecule is Cc1cc(=O)c(C(=O)NCC2CNC2)nn1-c1ccccc1[N+](=O)[O-]. The number of nitrogens with zero attached hydrogens (tertiary/aromatic N) is 3. The lowest BCUT2D eigenvalue weighted by atomic mass is 10.0. The molecule has 3 rings (SSSR count). The molecule has 9 nitrogen and oxygen atoms in total. The predicted molar refractivity (Wildman–Crippen MR) is 89.9 cm³/mol. The molecule has 130 valence electrons. The van der Waals surface area contributed by atoms with Gasteiger partial charge in [0.15, 0.2) is 5.69 Å². The van der Waals surface area contributed by atoms with Crippen molar-refractivity contribution in [2.45, 2.75) is 6.92 Å². The molecule has 1 fully saturated rings. The number of amides is 1. The van der Waals surface area contributed by atoms with Gasteiger partial charge in [-0.1, -0.05) is 12.1 Å². The summed E-state index contributed by atoms with van der Waals surface area (Å²) >= 11 is 0. The van der Waals surface area contributed by atoms with E-state index in [4.69, 9.17) is 0 Å². The van der Waals surface area contributed by atoms with Gasteiger partial charge in [-0.05, 0) is 13.0 Å². The molecule has 1 aliphatic rings. The van der Waals surface area contributed by atoms with Crippen molar-refractivity contribution in [2.75, 3.05) is 19.6 Å². The first-order valence-corrected chi connectivity index (χ1v) is 7.81. The average Bonchev–Trinajstić information content (AvgIpc) is 2.53. The van der Waals surface area contributed by atoms with E-state index in [1.807, 2.05) is 0 Å².